The van der Waals surface area contributed by atoms with Crippen molar-refractivity contribution >= 4 is 30.2 Å². The molecule has 0 amide bonds. The number of oxime groups is 1. The molecule has 5 rings (SSSR count). The zero-order chi connectivity index (χ0) is 40.9. The molecule has 306 valence electrons. The van der Waals surface area contributed by atoms with Crippen LogP contribution in [0.4, 0.5) is 0 Å². The Balaban J connectivity index is 1.43. The first kappa shape index (κ1) is 44.5. The second kappa shape index (κ2) is 23.1. The lowest BCUT2D eigenvalue weighted by Gasteiger charge is -2.43. The highest BCUT2D eigenvalue weighted by atomic mass is 28.4. The number of hydrogen-bond acceptors (Lipinski definition) is 4. The Labute approximate surface area is 351 Å². The minimum atomic E-state index is -2.99. The van der Waals surface area contributed by atoms with Crippen molar-refractivity contribution in [1.82, 2.24) is 0 Å². The lowest BCUT2D eigenvalue weighted by Crippen LogP contribution is -2.67. The van der Waals surface area contributed by atoms with Crippen LogP contribution >= 0.6 is 0 Å². The number of nitrogens with zero attached hydrogens (tertiary/aromatic N) is 1. The van der Waals surface area contributed by atoms with Gasteiger partial charge in [0.25, 0.3) is 8.32 Å². The minimum Gasteiger partial charge on any atom is -0.401 e. The molecule has 0 atom stereocenters. The summed E-state index contributed by atoms with van der Waals surface area (Å²) in [5, 5.41) is 7.00. The summed E-state index contributed by atoms with van der Waals surface area (Å²) < 4.78 is 7.36. The van der Waals surface area contributed by atoms with Crippen LogP contribution in [-0.2, 0) is 19.7 Å². The molecule has 0 bridgehead atoms. The summed E-state index contributed by atoms with van der Waals surface area (Å²) in [6, 6.07) is 51.8. The third-order valence-corrected chi connectivity index (χ3v) is 16.5. The summed E-state index contributed by atoms with van der Waals surface area (Å²) in [6.45, 7) is 9.09. The van der Waals surface area contributed by atoms with Crippen LogP contribution in [0.5, 0.6) is 0 Å². The zero-order valence-corrected chi connectivity index (χ0v) is 36.7. The molecule has 0 aliphatic heterocycles. The number of carbonyl (C=O) groups is 1. The summed E-state index contributed by atoms with van der Waals surface area (Å²) in [5.41, 5.74) is 1.98. The van der Waals surface area contributed by atoms with E-state index in [-0.39, 0.29) is 17.4 Å². The molecule has 58 heavy (non-hydrogen) atoms. The van der Waals surface area contributed by atoms with Gasteiger partial charge in [-0.2, -0.15) is 0 Å². The average molecular weight is 794 g/mol. The van der Waals surface area contributed by atoms with Crippen LogP contribution in [0.15, 0.2) is 157 Å². The van der Waals surface area contributed by atoms with Crippen molar-refractivity contribution in [2.75, 3.05) is 6.61 Å². The molecule has 0 aliphatic rings. The second-order valence-electron chi connectivity index (χ2n) is 16.8. The molecule has 5 heteroatoms. The van der Waals surface area contributed by atoms with Gasteiger partial charge < -0.3 is 9.26 Å². The lowest BCUT2D eigenvalue weighted by atomic mass is 9.80. The van der Waals surface area contributed by atoms with Crippen molar-refractivity contribution < 1.29 is 14.1 Å². The second-order valence-corrected chi connectivity index (χ2v) is 21.1. The van der Waals surface area contributed by atoms with Crippen LogP contribution in [-0.4, -0.2) is 26.4 Å². The van der Waals surface area contributed by atoms with E-state index in [0.717, 1.165) is 46.3 Å². The first-order valence-electron chi connectivity index (χ1n) is 22.0. The van der Waals surface area contributed by atoms with Crippen molar-refractivity contribution in [2.24, 2.45) is 5.16 Å². The maximum atomic E-state index is 14.5. The highest BCUT2D eigenvalue weighted by Gasteiger charge is 2.50. The molecule has 0 aromatic heterocycles. The van der Waals surface area contributed by atoms with E-state index in [4.69, 9.17) is 14.4 Å². The van der Waals surface area contributed by atoms with Gasteiger partial charge in [-0.1, -0.05) is 262 Å². The monoisotopic (exact) mass is 793 g/mol. The number of unbranched alkanes of at least 4 members (excludes halogenated alkanes) is 12. The first-order chi connectivity index (χ1) is 28.3. The van der Waals surface area contributed by atoms with Crippen molar-refractivity contribution in [3.63, 3.8) is 0 Å². The number of benzene rings is 5. The Morgan fingerprint density at radius 1 is 0.500 bits per heavy atom. The third-order valence-electron chi connectivity index (χ3n) is 11.5. The standard InChI is InChI=1S/C53H67NO3Si/c1-5-6-7-8-9-10-11-12-13-14-15-16-32-43-51(55)50(44-56-58(52(2,3)4,48-39-28-20-29-40-48)49-41-30-21-31-42-49)54-57-53(45-33-22-17-23-34-45,46-35-24-18-25-36-46)47-37-26-19-27-38-47/h17-31,33-42H,5-16,32,43-44H2,1-4H3. The van der Waals surface area contributed by atoms with Gasteiger partial charge in [0.2, 0.25) is 5.60 Å². The summed E-state index contributed by atoms with van der Waals surface area (Å²) >= 11 is 0. The molecule has 0 spiro atoms. The van der Waals surface area contributed by atoms with Gasteiger partial charge in [-0.15, -0.1) is 0 Å². The molecule has 0 saturated heterocycles. The number of ketones is 1. The summed E-state index contributed by atoms with van der Waals surface area (Å²) in [4.78, 5) is 21.5. The van der Waals surface area contributed by atoms with Crippen molar-refractivity contribution in [2.45, 2.75) is 128 Å². The van der Waals surface area contributed by atoms with Crippen LogP contribution in [0.1, 0.15) is 134 Å². The molecule has 5 aromatic rings. The Morgan fingerprint density at radius 3 is 1.21 bits per heavy atom. The Bertz CT molecular complexity index is 1770. The van der Waals surface area contributed by atoms with Gasteiger partial charge in [0, 0.05) is 23.1 Å². The molecule has 0 saturated carbocycles. The maximum Gasteiger partial charge on any atom is 0.261 e. The van der Waals surface area contributed by atoms with E-state index in [1.54, 1.807) is 0 Å². The quantitative estimate of drug-likeness (QED) is 0.0194. The van der Waals surface area contributed by atoms with Gasteiger partial charge in [0.05, 0.1) is 6.61 Å². The third kappa shape index (κ3) is 11.8. The van der Waals surface area contributed by atoms with E-state index in [0.29, 0.717) is 12.1 Å². The van der Waals surface area contributed by atoms with E-state index in [9.17, 15) is 4.79 Å². The zero-order valence-electron chi connectivity index (χ0n) is 35.7. The van der Waals surface area contributed by atoms with Crippen LogP contribution in [0.2, 0.25) is 5.04 Å². The number of hydrogen-bond donors (Lipinski definition) is 0. The van der Waals surface area contributed by atoms with Crippen molar-refractivity contribution in [3.05, 3.63) is 168 Å². The molecular formula is C53H67NO3Si. The lowest BCUT2D eigenvalue weighted by molar-refractivity contribution is -0.113. The molecule has 0 fully saturated rings. The molecule has 0 N–H and O–H groups in total. The van der Waals surface area contributed by atoms with E-state index in [1.165, 1.54) is 64.2 Å². The molecule has 5 aromatic carbocycles. The highest BCUT2D eigenvalue weighted by Crippen LogP contribution is 2.41. The van der Waals surface area contributed by atoms with E-state index in [1.807, 2.05) is 66.7 Å². The van der Waals surface area contributed by atoms with Gasteiger partial charge in [0.15, 0.2) is 5.78 Å². The van der Waals surface area contributed by atoms with Crippen LogP contribution in [0.25, 0.3) is 0 Å². The highest BCUT2D eigenvalue weighted by molar-refractivity contribution is 6.99. The largest absolute Gasteiger partial charge is 0.401 e. The predicted molar refractivity (Wildman–Crippen MR) is 247 cm³/mol. The van der Waals surface area contributed by atoms with Gasteiger partial charge in [-0.3, -0.25) is 4.79 Å². The van der Waals surface area contributed by atoms with E-state index < -0.39 is 13.9 Å². The van der Waals surface area contributed by atoms with Gasteiger partial charge >= 0.3 is 0 Å². The van der Waals surface area contributed by atoms with E-state index in [2.05, 4.69) is 113 Å². The number of carbonyl (C=O) groups excluding carboxylic acids is 1. The Hall–Kier alpha value is -4.58. The smallest absolute Gasteiger partial charge is 0.261 e. The van der Waals surface area contributed by atoms with Gasteiger partial charge in [-0.05, 0) is 21.8 Å². The Morgan fingerprint density at radius 2 is 0.845 bits per heavy atom. The predicted octanol–water partition coefficient (Wildman–Crippen LogP) is 13.0. The van der Waals surface area contributed by atoms with Crippen LogP contribution < -0.4 is 10.4 Å². The molecule has 4 nitrogen and oxygen atoms in total. The van der Waals surface area contributed by atoms with Gasteiger partial charge in [0.1, 0.15) is 5.71 Å². The number of Topliss-reactive ketones (excluding diaryl/α,β-unsaturated/α-hetero) is 1. The topological polar surface area (TPSA) is 47.9 Å². The normalized spacial score (nSPS) is 12.4. The molecule has 0 unspecified atom stereocenters. The SMILES string of the molecule is CCCCCCCCCCCCCCCC(=O)C(CO[Si](c1ccccc1)(c1ccccc1)C(C)(C)C)=NOC(c1ccccc1)(c1ccccc1)c1ccccc1. The van der Waals surface area contributed by atoms with Crippen molar-refractivity contribution in [1.29, 1.82) is 0 Å². The van der Waals surface area contributed by atoms with Crippen molar-refractivity contribution in [3.8, 4) is 0 Å². The minimum absolute atomic E-state index is 0.0240. The summed E-state index contributed by atoms with van der Waals surface area (Å²) in [5.74, 6) is -0.0240. The molecular weight excluding hydrogens is 727 g/mol. The first-order valence-corrected chi connectivity index (χ1v) is 23.9. The van der Waals surface area contributed by atoms with Crippen LogP contribution in [0, 0.1) is 0 Å². The molecule has 0 heterocycles. The summed E-state index contributed by atoms with van der Waals surface area (Å²) in [6.07, 6.45) is 16.7. The Kier molecular flexibility index (Phi) is 17.7. The average Bonchev–Trinajstić information content (AvgIpc) is 3.26. The fraction of sp³-hybridized carbons (Fsp3) is 0.396. The fourth-order valence-electron chi connectivity index (χ4n) is 8.34. The van der Waals surface area contributed by atoms with Gasteiger partial charge in [-0.25, -0.2) is 0 Å². The maximum absolute atomic E-state index is 14.5. The molecule has 0 radical (unpaired) electrons. The van der Waals surface area contributed by atoms with E-state index >= 15 is 0 Å². The fourth-order valence-corrected chi connectivity index (χ4v) is 12.9. The summed E-state index contributed by atoms with van der Waals surface area (Å²) in [7, 11) is -2.99. The van der Waals surface area contributed by atoms with Crippen LogP contribution in [0.3, 0.4) is 0 Å². The number of rotatable bonds is 25. The molecule has 0 aliphatic carbocycles.